The van der Waals surface area contributed by atoms with Gasteiger partial charge in [0, 0.05) is 19.6 Å². The lowest BCUT2D eigenvalue weighted by molar-refractivity contribution is 0.296. The molecule has 0 saturated carbocycles. The number of aromatic nitrogens is 1. The summed E-state index contributed by atoms with van der Waals surface area (Å²) >= 11 is 0. The molecule has 108 valence electrons. The van der Waals surface area contributed by atoms with Crippen molar-refractivity contribution in [3.05, 3.63) is 66.0 Å². The van der Waals surface area contributed by atoms with Crippen molar-refractivity contribution < 1.29 is 4.74 Å². The minimum Gasteiger partial charge on any atom is -0.495 e. The standard InChI is InChI=1S/C18H20N2O/c1-21-17-9-10-18(19-12-17)16-8-5-11-20(14-16)13-15-6-3-2-4-7-15/h2-4,6-10,12H,5,11,13-14H2,1H3. The molecule has 0 amide bonds. The Balaban J connectivity index is 1.68. The normalized spacial score (nSPS) is 15.6. The van der Waals surface area contributed by atoms with Crippen LogP contribution in [0.15, 0.2) is 54.7 Å². The van der Waals surface area contributed by atoms with Gasteiger partial charge < -0.3 is 4.74 Å². The van der Waals surface area contributed by atoms with Crippen molar-refractivity contribution in [1.29, 1.82) is 0 Å². The van der Waals surface area contributed by atoms with Crippen molar-refractivity contribution in [2.45, 2.75) is 13.0 Å². The number of pyridine rings is 1. The molecular weight excluding hydrogens is 260 g/mol. The van der Waals surface area contributed by atoms with Gasteiger partial charge in [0.05, 0.1) is 19.0 Å². The zero-order chi connectivity index (χ0) is 14.5. The average Bonchev–Trinajstić information content (AvgIpc) is 2.56. The Morgan fingerprint density at radius 3 is 2.71 bits per heavy atom. The first kappa shape index (κ1) is 13.8. The Labute approximate surface area is 125 Å². The number of methoxy groups -OCH3 is 1. The highest BCUT2D eigenvalue weighted by Gasteiger charge is 2.15. The van der Waals surface area contributed by atoms with Crippen LogP contribution in [0.1, 0.15) is 17.7 Å². The van der Waals surface area contributed by atoms with Crippen molar-refractivity contribution >= 4 is 5.57 Å². The van der Waals surface area contributed by atoms with Gasteiger partial charge in [0.25, 0.3) is 0 Å². The predicted molar refractivity (Wildman–Crippen MR) is 85.1 cm³/mol. The van der Waals surface area contributed by atoms with Crippen LogP contribution in [0.25, 0.3) is 5.57 Å². The second kappa shape index (κ2) is 6.55. The summed E-state index contributed by atoms with van der Waals surface area (Å²) in [5.41, 5.74) is 3.72. The van der Waals surface area contributed by atoms with Crippen LogP contribution in [-0.4, -0.2) is 30.1 Å². The van der Waals surface area contributed by atoms with Gasteiger partial charge in [-0.25, -0.2) is 0 Å². The summed E-state index contributed by atoms with van der Waals surface area (Å²) in [6.07, 6.45) is 5.17. The highest BCUT2D eigenvalue weighted by Crippen LogP contribution is 2.22. The zero-order valence-electron chi connectivity index (χ0n) is 12.3. The lowest BCUT2D eigenvalue weighted by atomic mass is 10.0. The summed E-state index contributed by atoms with van der Waals surface area (Å²) in [6, 6.07) is 14.6. The van der Waals surface area contributed by atoms with Crippen LogP contribution >= 0.6 is 0 Å². The molecule has 1 aliphatic heterocycles. The second-order valence-electron chi connectivity index (χ2n) is 5.30. The molecule has 3 nitrogen and oxygen atoms in total. The third-order valence-electron chi connectivity index (χ3n) is 3.78. The summed E-state index contributed by atoms with van der Waals surface area (Å²) in [4.78, 5) is 6.96. The van der Waals surface area contributed by atoms with Gasteiger partial charge in [0.15, 0.2) is 0 Å². The van der Waals surface area contributed by atoms with Gasteiger partial charge in [-0.05, 0) is 29.7 Å². The maximum atomic E-state index is 5.16. The molecule has 0 bridgehead atoms. The SMILES string of the molecule is COc1ccc(C2=CCCN(Cc3ccccc3)C2)nc1. The number of benzene rings is 1. The molecule has 1 aromatic carbocycles. The Morgan fingerprint density at radius 2 is 2.00 bits per heavy atom. The van der Waals surface area contributed by atoms with Crippen molar-refractivity contribution in [3.63, 3.8) is 0 Å². The molecule has 0 unspecified atom stereocenters. The van der Waals surface area contributed by atoms with Gasteiger partial charge >= 0.3 is 0 Å². The molecule has 0 fully saturated rings. The van der Waals surface area contributed by atoms with Crippen molar-refractivity contribution in [1.82, 2.24) is 9.88 Å². The fourth-order valence-corrected chi connectivity index (χ4v) is 2.66. The van der Waals surface area contributed by atoms with Crippen molar-refractivity contribution in [3.8, 4) is 5.75 Å². The summed E-state index contributed by atoms with van der Waals surface area (Å²) in [6.45, 7) is 3.05. The summed E-state index contributed by atoms with van der Waals surface area (Å²) in [5.74, 6) is 0.802. The fourth-order valence-electron chi connectivity index (χ4n) is 2.66. The van der Waals surface area contributed by atoms with Gasteiger partial charge in [0.2, 0.25) is 0 Å². The van der Waals surface area contributed by atoms with E-state index in [1.807, 2.05) is 12.1 Å². The summed E-state index contributed by atoms with van der Waals surface area (Å²) in [7, 11) is 1.66. The molecule has 0 spiro atoms. The second-order valence-corrected chi connectivity index (χ2v) is 5.30. The van der Waals surface area contributed by atoms with Gasteiger partial charge in [0.1, 0.15) is 5.75 Å². The summed E-state index contributed by atoms with van der Waals surface area (Å²) in [5, 5.41) is 0. The lowest BCUT2D eigenvalue weighted by Gasteiger charge is -2.27. The first-order valence-electron chi connectivity index (χ1n) is 7.31. The van der Waals surface area contributed by atoms with E-state index in [-0.39, 0.29) is 0 Å². The van der Waals surface area contributed by atoms with Crippen molar-refractivity contribution in [2.24, 2.45) is 0 Å². The number of hydrogen-bond donors (Lipinski definition) is 0. The first-order valence-corrected chi connectivity index (χ1v) is 7.31. The lowest BCUT2D eigenvalue weighted by Crippen LogP contribution is -2.29. The molecule has 0 radical (unpaired) electrons. The molecule has 1 aliphatic rings. The van der Waals surface area contributed by atoms with E-state index >= 15 is 0 Å². The Kier molecular flexibility index (Phi) is 4.31. The maximum absolute atomic E-state index is 5.16. The Hall–Kier alpha value is -2.13. The number of hydrogen-bond acceptors (Lipinski definition) is 3. The van der Waals surface area contributed by atoms with E-state index in [0.717, 1.165) is 37.5 Å². The largest absolute Gasteiger partial charge is 0.495 e. The molecule has 0 atom stereocenters. The molecule has 1 aromatic heterocycles. The first-order chi connectivity index (χ1) is 10.3. The smallest absolute Gasteiger partial charge is 0.137 e. The molecule has 0 aliphatic carbocycles. The van der Waals surface area contributed by atoms with E-state index < -0.39 is 0 Å². The van der Waals surface area contributed by atoms with Crippen LogP contribution in [0, 0.1) is 0 Å². The summed E-state index contributed by atoms with van der Waals surface area (Å²) < 4.78 is 5.16. The predicted octanol–water partition coefficient (Wildman–Crippen LogP) is 3.38. The molecule has 2 heterocycles. The molecular formula is C18H20N2O. The topological polar surface area (TPSA) is 25.4 Å². The third kappa shape index (κ3) is 3.50. The van der Waals surface area contributed by atoms with E-state index in [1.54, 1.807) is 13.3 Å². The van der Waals surface area contributed by atoms with Crippen LogP contribution in [0.4, 0.5) is 0 Å². The quantitative estimate of drug-likeness (QED) is 0.858. The van der Waals surface area contributed by atoms with E-state index in [2.05, 4.69) is 46.3 Å². The molecule has 3 heteroatoms. The number of ether oxygens (including phenoxy) is 1. The van der Waals surface area contributed by atoms with Gasteiger partial charge in [-0.3, -0.25) is 9.88 Å². The van der Waals surface area contributed by atoms with Gasteiger partial charge in [-0.2, -0.15) is 0 Å². The van der Waals surface area contributed by atoms with Crippen LogP contribution in [0.2, 0.25) is 0 Å². The van der Waals surface area contributed by atoms with E-state index in [4.69, 9.17) is 4.74 Å². The fraction of sp³-hybridized carbons (Fsp3) is 0.278. The van der Waals surface area contributed by atoms with E-state index in [0.29, 0.717) is 0 Å². The van der Waals surface area contributed by atoms with Crippen LogP contribution in [0.5, 0.6) is 5.75 Å². The van der Waals surface area contributed by atoms with Crippen molar-refractivity contribution in [2.75, 3.05) is 20.2 Å². The van der Waals surface area contributed by atoms with Crippen LogP contribution in [0.3, 0.4) is 0 Å². The monoisotopic (exact) mass is 280 g/mol. The maximum Gasteiger partial charge on any atom is 0.137 e. The zero-order valence-corrected chi connectivity index (χ0v) is 12.3. The van der Waals surface area contributed by atoms with Gasteiger partial charge in [-0.1, -0.05) is 36.4 Å². The van der Waals surface area contributed by atoms with Crippen LogP contribution < -0.4 is 4.74 Å². The minimum absolute atomic E-state index is 0.802. The van der Waals surface area contributed by atoms with Gasteiger partial charge in [-0.15, -0.1) is 0 Å². The number of nitrogens with zero attached hydrogens (tertiary/aromatic N) is 2. The number of rotatable bonds is 4. The highest BCUT2D eigenvalue weighted by molar-refractivity contribution is 5.65. The Morgan fingerprint density at radius 1 is 1.14 bits per heavy atom. The molecule has 3 rings (SSSR count). The molecule has 0 saturated heterocycles. The van der Waals surface area contributed by atoms with E-state index in [1.165, 1.54) is 11.1 Å². The third-order valence-corrected chi connectivity index (χ3v) is 3.78. The molecule has 21 heavy (non-hydrogen) atoms. The molecule has 0 N–H and O–H groups in total. The highest BCUT2D eigenvalue weighted by atomic mass is 16.5. The average molecular weight is 280 g/mol. The van der Waals surface area contributed by atoms with E-state index in [9.17, 15) is 0 Å². The Bertz CT molecular complexity index is 605. The minimum atomic E-state index is 0.802. The molecule has 2 aromatic rings. The van der Waals surface area contributed by atoms with Crippen LogP contribution in [-0.2, 0) is 6.54 Å².